The number of carbonyl (C=O) groups excluding carboxylic acids is 1. The Kier molecular flexibility index (Phi) is 6.20. The first-order chi connectivity index (χ1) is 15.8. The van der Waals surface area contributed by atoms with Crippen LogP contribution in [0.15, 0.2) is 83.8 Å². The molecule has 0 fully saturated rings. The second-order valence-corrected chi connectivity index (χ2v) is 10.1. The summed E-state index contributed by atoms with van der Waals surface area (Å²) in [6.07, 6.45) is 0. The number of benzene rings is 3. The fourth-order valence-corrected chi connectivity index (χ4v) is 4.87. The van der Waals surface area contributed by atoms with Crippen molar-refractivity contribution in [1.82, 2.24) is 15.3 Å². The highest BCUT2D eigenvalue weighted by Crippen LogP contribution is 2.25. The molecule has 0 saturated heterocycles. The molecule has 8 heteroatoms. The standard InChI is InChI=1S/C25H26N4O3S/c1-17(2)23(24-26-21-14-7-8-15-22(21)27-24)28-25(30)18-10-9-13-20(16-18)33(31,32)29(3)19-11-5-4-6-12-19/h4-17,23H,1-3H3,(H,26,27)(H,28,30). The average molecular weight is 463 g/mol. The number of aromatic nitrogens is 2. The van der Waals surface area contributed by atoms with Crippen LogP contribution in [0.2, 0.25) is 0 Å². The zero-order chi connectivity index (χ0) is 23.6. The van der Waals surface area contributed by atoms with Crippen LogP contribution in [0.25, 0.3) is 11.0 Å². The van der Waals surface area contributed by atoms with Gasteiger partial charge in [0, 0.05) is 12.6 Å². The van der Waals surface area contributed by atoms with Gasteiger partial charge in [0.2, 0.25) is 0 Å². The Bertz CT molecular complexity index is 1350. The lowest BCUT2D eigenvalue weighted by Crippen LogP contribution is -2.33. The molecule has 0 radical (unpaired) electrons. The molecule has 3 aromatic carbocycles. The zero-order valence-electron chi connectivity index (χ0n) is 18.7. The van der Waals surface area contributed by atoms with Gasteiger partial charge >= 0.3 is 0 Å². The number of amides is 1. The van der Waals surface area contributed by atoms with Gasteiger partial charge in [-0.3, -0.25) is 9.10 Å². The molecule has 7 nitrogen and oxygen atoms in total. The maximum absolute atomic E-state index is 13.1. The molecule has 1 heterocycles. The number of anilines is 1. The van der Waals surface area contributed by atoms with Crippen LogP contribution in [0.3, 0.4) is 0 Å². The number of sulfonamides is 1. The summed E-state index contributed by atoms with van der Waals surface area (Å²) in [5.74, 6) is 0.353. The average Bonchev–Trinajstić information content (AvgIpc) is 3.26. The largest absolute Gasteiger partial charge is 0.342 e. The van der Waals surface area contributed by atoms with Gasteiger partial charge in [-0.25, -0.2) is 13.4 Å². The fraction of sp³-hybridized carbons (Fsp3) is 0.200. The van der Waals surface area contributed by atoms with Gasteiger partial charge in [0.15, 0.2) is 0 Å². The Morgan fingerprint density at radius 3 is 2.36 bits per heavy atom. The van der Waals surface area contributed by atoms with Crippen molar-refractivity contribution in [3.05, 3.63) is 90.3 Å². The second-order valence-electron chi connectivity index (χ2n) is 8.17. The number of imidazole rings is 1. The van der Waals surface area contributed by atoms with E-state index in [9.17, 15) is 13.2 Å². The highest BCUT2D eigenvalue weighted by molar-refractivity contribution is 7.92. The molecular weight excluding hydrogens is 436 g/mol. The van der Waals surface area contributed by atoms with Gasteiger partial charge in [-0.15, -0.1) is 0 Å². The Hall–Kier alpha value is -3.65. The van der Waals surface area contributed by atoms with Gasteiger partial charge in [0.25, 0.3) is 15.9 Å². The molecule has 33 heavy (non-hydrogen) atoms. The molecule has 0 bridgehead atoms. The van der Waals surface area contributed by atoms with Crippen LogP contribution in [-0.2, 0) is 10.0 Å². The number of carbonyl (C=O) groups is 1. The molecule has 2 N–H and O–H groups in total. The Labute approximate surface area is 193 Å². The molecular formula is C25H26N4O3S. The van der Waals surface area contributed by atoms with Crippen molar-refractivity contribution in [2.24, 2.45) is 5.92 Å². The van der Waals surface area contributed by atoms with Crippen molar-refractivity contribution < 1.29 is 13.2 Å². The molecule has 0 aliphatic carbocycles. The van der Waals surface area contributed by atoms with Crippen molar-refractivity contribution in [3.63, 3.8) is 0 Å². The highest BCUT2D eigenvalue weighted by Gasteiger charge is 2.25. The SMILES string of the molecule is CC(C)C(NC(=O)c1cccc(S(=O)(=O)N(C)c2ccccc2)c1)c1nc2ccccc2[nH]1. The van der Waals surface area contributed by atoms with Crippen LogP contribution in [0.1, 0.15) is 36.1 Å². The summed E-state index contributed by atoms with van der Waals surface area (Å²) >= 11 is 0. The smallest absolute Gasteiger partial charge is 0.264 e. The summed E-state index contributed by atoms with van der Waals surface area (Å²) in [7, 11) is -2.33. The maximum atomic E-state index is 13.1. The lowest BCUT2D eigenvalue weighted by Gasteiger charge is -2.21. The number of nitrogens with one attached hydrogen (secondary N) is 2. The number of nitrogens with zero attached hydrogens (tertiary/aromatic N) is 2. The molecule has 4 aromatic rings. The van der Waals surface area contributed by atoms with Crippen molar-refractivity contribution in [3.8, 4) is 0 Å². The molecule has 0 aliphatic rings. The molecule has 4 rings (SSSR count). The fourth-order valence-electron chi connectivity index (χ4n) is 3.63. The number of para-hydroxylation sites is 3. The van der Waals surface area contributed by atoms with Gasteiger partial charge in [0.1, 0.15) is 5.82 Å². The minimum atomic E-state index is -3.83. The van der Waals surface area contributed by atoms with E-state index in [0.29, 0.717) is 11.5 Å². The summed E-state index contributed by atoms with van der Waals surface area (Å²) in [6, 6.07) is 22.2. The Morgan fingerprint density at radius 1 is 0.970 bits per heavy atom. The van der Waals surface area contributed by atoms with E-state index in [-0.39, 0.29) is 28.3 Å². The monoisotopic (exact) mass is 462 g/mol. The van der Waals surface area contributed by atoms with Crippen molar-refractivity contribution in [2.75, 3.05) is 11.4 Å². The van der Waals surface area contributed by atoms with E-state index < -0.39 is 10.0 Å². The van der Waals surface area contributed by atoms with Crippen LogP contribution < -0.4 is 9.62 Å². The van der Waals surface area contributed by atoms with E-state index in [1.807, 2.05) is 44.2 Å². The van der Waals surface area contributed by atoms with E-state index in [1.54, 1.807) is 36.4 Å². The van der Waals surface area contributed by atoms with Crippen LogP contribution >= 0.6 is 0 Å². The predicted molar refractivity (Wildman–Crippen MR) is 130 cm³/mol. The highest BCUT2D eigenvalue weighted by atomic mass is 32.2. The summed E-state index contributed by atoms with van der Waals surface area (Å²) in [5, 5.41) is 3.01. The molecule has 0 aliphatic heterocycles. The normalized spacial score (nSPS) is 12.6. The molecule has 0 saturated carbocycles. The second kappa shape index (κ2) is 9.07. The van der Waals surface area contributed by atoms with Gasteiger partial charge < -0.3 is 10.3 Å². The minimum absolute atomic E-state index is 0.0475. The third-order valence-electron chi connectivity index (χ3n) is 5.53. The van der Waals surface area contributed by atoms with Gasteiger partial charge in [-0.2, -0.15) is 0 Å². The van der Waals surface area contributed by atoms with Gasteiger partial charge in [-0.1, -0.05) is 50.2 Å². The first-order valence-corrected chi connectivity index (χ1v) is 12.1. The first-order valence-electron chi connectivity index (χ1n) is 10.7. The zero-order valence-corrected chi connectivity index (χ0v) is 19.5. The van der Waals surface area contributed by atoms with Crippen molar-refractivity contribution >= 4 is 32.7 Å². The quantitative estimate of drug-likeness (QED) is 0.422. The third-order valence-corrected chi connectivity index (χ3v) is 7.31. The van der Waals surface area contributed by atoms with E-state index in [2.05, 4.69) is 15.3 Å². The molecule has 0 spiro atoms. The number of fused-ring (bicyclic) bond motifs is 1. The Balaban J connectivity index is 1.60. The molecule has 1 aromatic heterocycles. The number of hydrogen-bond donors (Lipinski definition) is 2. The number of H-pyrrole nitrogens is 1. The summed E-state index contributed by atoms with van der Waals surface area (Å²) in [4.78, 5) is 21.0. The van der Waals surface area contributed by atoms with Crippen LogP contribution in [-0.4, -0.2) is 31.3 Å². The summed E-state index contributed by atoms with van der Waals surface area (Å²) in [6.45, 7) is 3.99. The molecule has 1 unspecified atom stereocenters. The van der Waals surface area contributed by atoms with Crippen molar-refractivity contribution in [1.29, 1.82) is 0 Å². The molecule has 1 amide bonds. The van der Waals surface area contributed by atoms with Crippen LogP contribution in [0.5, 0.6) is 0 Å². The minimum Gasteiger partial charge on any atom is -0.342 e. The molecule has 1 atom stereocenters. The van der Waals surface area contributed by atoms with E-state index in [0.717, 1.165) is 11.0 Å². The number of hydrogen-bond acceptors (Lipinski definition) is 4. The number of rotatable bonds is 7. The summed E-state index contributed by atoms with van der Waals surface area (Å²) < 4.78 is 27.5. The predicted octanol–water partition coefficient (Wildman–Crippen LogP) is 4.52. The van der Waals surface area contributed by atoms with Crippen LogP contribution in [0, 0.1) is 5.92 Å². The molecule has 170 valence electrons. The Morgan fingerprint density at radius 2 is 1.67 bits per heavy atom. The van der Waals surface area contributed by atoms with E-state index in [1.165, 1.54) is 23.5 Å². The van der Waals surface area contributed by atoms with Crippen molar-refractivity contribution in [2.45, 2.75) is 24.8 Å². The van der Waals surface area contributed by atoms with E-state index >= 15 is 0 Å². The topological polar surface area (TPSA) is 95.2 Å². The van der Waals surface area contributed by atoms with Gasteiger partial charge in [-0.05, 0) is 48.4 Å². The maximum Gasteiger partial charge on any atom is 0.264 e. The lowest BCUT2D eigenvalue weighted by molar-refractivity contribution is 0.0923. The van der Waals surface area contributed by atoms with E-state index in [4.69, 9.17) is 0 Å². The van der Waals surface area contributed by atoms with Crippen LogP contribution in [0.4, 0.5) is 5.69 Å². The van der Waals surface area contributed by atoms with Gasteiger partial charge in [0.05, 0.1) is 27.7 Å². The lowest BCUT2D eigenvalue weighted by atomic mass is 10.0. The summed E-state index contributed by atoms with van der Waals surface area (Å²) in [5.41, 5.74) is 2.52. The third kappa shape index (κ3) is 4.61. The first kappa shape index (κ1) is 22.5. The number of aromatic amines is 1.